The first-order chi connectivity index (χ1) is 9.00. The van der Waals surface area contributed by atoms with Crippen LogP contribution in [0.2, 0.25) is 5.02 Å². The van der Waals surface area contributed by atoms with Crippen LogP contribution in [0.15, 0.2) is 28.8 Å². The van der Waals surface area contributed by atoms with Crippen molar-refractivity contribution >= 4 is 29.4 Å². The van der Waals surface area contributed by atoms with Crippen LogP contribution in [0.1, 0.15) is 13.8 Å². The summed E-state index contributed by atoms with van der Waals surface area (Å²) in [6.07, 6.45) is 2.08. The Bertz CT molecular complexity index is 556. The van der Waals surface area contributed by atoms with Crippen molar-refractivity contribution in [3.05, 3.63) is 29.3 Å². The molecule has 19 heavy (non-hydrogen) atoms. The number of nitrogens with zero attached hydrogens (tertiary/aromatic N) is 2. The SMILES string of the molecule is CSC(C)(C)CNc1nc(-c2cccc(Cl)c2)no1. The molecule has 0 radical (unpaired) electrons. The van der Waals surface area contributed by atoms with Crippen molar-refractivity contribution in [2.45, 2.75) is 18.6 Å². The smallest absolute Gasteiger partial charge is 0.321 e. The van der Waals surface area contributed by atoms with Gasteiger partial charge in [0.1, 0.15) is 0 Å². The van der Waals surface area contributed by atoms with E-state index in [0.717, 1.165) is 12.1 Å². The third-order valence-electron chi connectivity index (χ3n) is 2.73. The summed E-state index contributed by atoms with van der Waals surface area (Å²) < 4.78 is 5.29. The minimum absolute atomic E-state index is 0.116. The minimum Gasteiger partial charge on any atom is -0.336 e. The lowest BCUT2D eigenvalue weighted by Crippen LogP contribution is -2.25. The van der Waals surface area contributed by atoms with Crippen molar-refractivity contribution in [3.63, 3.8) is 0 Å². The van der Waals surface area contributed by atoms with E-state index in [4.69, 9.17) is 16.1 Å². The van der Waals surface area contributed by atoms with Crippen molar-refractivity contribution in [1.82, 2.24) is 10.1 Å². The van der Waals surface area contributed by atoms with Gasteiger partial charge in [-0.05, 0) is 32.2 Å². The van der Waals surface area contributed by atoms with Crippen molar-refractivity contribution in [2.24, 2.45) is 0 Å². The van der Waals surface area contributed by atoms with Gasteiger partial charge < -0.3 is 9.84 Å². The van der Waals surface area contributed by atoms with Gasteiger partial charge in [0.05, 0.1) is 0 Å². The quantitative estimate of drug-likeness (QED) is 0.906. The zero-order chi connectivity index (χ0) is 13.9. The number of hydrogen-bond donors (Lipinski definition) is 1. The van der Waals surface area contributed by atoms with Crippen LogP contribution in [0.25, 0.3) is 11.4 Å². The first-order valence-corrected chi connectivity index (χ1v) is 7.49. The molecule has 102 valence electrons. The number of thioether (sulfide) groups is 1. The summed E-state index contributed by atoms with van der Waals surface area (Å²) in [7, 11) is 0. The monoisotopic (exact) mass is 297 g/mol. The number of benzene rings is 1. The Morgan fingerprint density at radius 3 is 2.89 bits per heavy atom. The maximum atomic E-state index is 5.94. The van der Waals surface area contributed by atoms with E-state index in [9.17, 15) is 0 Å². The van der Waals surface area contributed by atoms with Gasteiger partial charge in [0, 0.05) is 21.9 Å². The maximum Gasteiger partial charge on any atom is 0.321 e. The van der Waals surface area contributed by atoms with Crippen LogP contribution < -0.4 is 5.32 Å². The van der Waals surface area contributed by atoms with E-state index in [1.807, 2.05) is 24.3 Å². The minimum atomic E-state index is 0.116. The fraction of sp³-hybridized carbons (Fsp3) is 0.385. The Morgan fingerprint density at radius 2 is 2.21 bits per heavy atom. The van der Waals surface area contributed by atoms with E-state index in [1.54, 1.807) is 11.8 Å². The molecule has 0 atom stereocenters. The molecule has 6 heteroatoms. The Hall–Kier alpha value is -1.20. The highest BCUT2D eigenvalue weighted by atomic mass is 35.5. The van der Waals surface area contributed by atoms with E-state index in [1.165, 1.54) is 0 Å². The van der Waals surface area contributed by atoms with E-state index < -0.39 is 0 Å². The lowest BCUT2D eigenvalue weighted by molar-refractivity contribution is 0.430. The standard InChI is InChI=1S/C13H16ClN3OS/c1-13(2,19-3)8-15-12-16-11(17-18-12)9-5-4-6-10(14)7-9/h4-7H,8H2,1-3H3,(H,15,16,17). The summed E-state index contributed by atoms with van der Waals surface area (Å²) in [6, 6.07) is 7.80. The van der Waals surface area contributed by atoms with Crippen LogP contribution in [0.5, 0.6) is 0 Å². The lowest BCUT2D eigenvalue weighted by Gasteiger charge is -2.21. The van der Waals surface area contributed by atoms with Crippen LogP contribution >= 0.6 is 23.4 Å². The van der Waals surface area contributed by atoms with Crippen molar-refractivity contribution in [3.8, 4) is 11.4 Å². The summed E-state index contributed by atoms with van der Waals surface area (Å²) in [4.78, 5) is 4.30. The number of halogens is 1. The molecule has 0 saturated heterocycles. The van der Waals surface area contributed by atoms with Crippen LogP contribution in [-0.4, -0.2) is 27.7 Å². The molecule has 0 fully saturated rings. The molecule has 2 aromatic rings. The molecular formula is C13H16ClN3OS. The molecule has 0 aliphatic heterocycles. The highest BCUT2D eigenvalue weighted by Crippen LogP contribution is 2.23. The molecule has 0 amide bonds. The predicted molar refractivity (Wildman–Crippen MR) is 80.8 cm³/mol. The average Bonchev–Trinajstić information content (AvgIpc) is 2.85. The normalized spacial score (nSPS) is 11.6. The Kier molecular flexibility index (Phi) is 4.37. The molecular weight excluding hydrogens is 282 g/mol. The molecule has 0 aliphatic carbocycles. The number of rotatable bonds is 5. The zero-order valence-corrected chi connectivity index (χ0v) is 12.7. The molecule has 0 bridgehead atoms. The lowest BCUT2D eigenvalue weighted by atomic mass is 10.2. The van der Waals surface area contributed by atoms with Crippen LogP contribution in [0.4, 0.5) is 6.01 Å². The third kappa shape index (κ3) is 3.88. The van der Waals surface area contributed by atoms with Gasteiger partial charge in [-0.15, -0.1) is 0 Å². The predicted octanol–water partition coefficient (Wildman–Crippen LogP) is 3.94. The molecule has 0 aliphatic rings. The second kappa shape index (κ2) is 5.84. The molecule has 1 aromatic carbocycles. The highest BCUT2D eigenvalue weighted by Gasteiger charge is 2.17. The average molecular weight is 298 g/mol. The van der Waals surface area contributed by atoms with Gasteiger partial charge in [-0.3, -0.25) is 0 Å². The first kappa shape index (κ1) is 14.2. The Morgan fingerprint density at radius 1 is 1.42 bits per heavy atom. The van der Waals surface area contributed by atoms with Crippen molar-refractivity contribution in [1.29, 1.82) is 0 Å². The molecule has 0 spiro atoms. The molecule has 1 aromatic heterocycles. The van der Waals surface area contributed by atoms with Crippen LogP contribution in [0.3, 0.4) is 0 Å². The second-order valence-electron chi connectivity index (χ2n) is 4.75. The van der Waals surface area contributed by atoms with Gasteiger partial charge in [0.2, 0.25) is 5.82 Å². The fourth-order valence-corrected chi connectivity index (χ4v) is 1.81. The van der Waals surface area contributed by atoms with E-state index in [0.29, 0.717) is 16.9 Å². The summed E-state index contributed by atoms with van der Waals surface area (Å²) in [6.45, 7) is 5.06. The molecule has 1 N–H and O–H groups in total. The zero-order valence-electron chi connectivity index (χ0n) is 11.1. The van der Waals surface area contributed by atoms with Gasteiger partial charge in [-0.1, -0.05) is 28.9 Å². The van der Waals surface area contributed by atoms with Crippen LogP contribution in [0, 0.1) is 0 Å². The Labute approximate surface area is 121 Å². The van der Waals surface area contributed by atoms with Crippen molar-refractivity contribution in [2.75, 3.05) is 18.1 Å². The van der Waals surface area contributed by atoms with Crippen LogP contribution in [-0.2, 0) is 0 Å². The maximum absolute atomic E-state index is 5.94. The number of hydrogen-bond acceptors (Lipinski definition) is 5. The van der Waals surface area contributed by atoms with Gasteiger partial charge >= 0.3 is 6.01 Å². The van der Waals surface area contributed by atoms with E-state index in [2.05, 4.69) is 35.6 Å². The van der Waals surface area contributed by atoms with E-state index >= 15 is 0 Å². The van der Waals surface area contributed by atoms with Gasteiger partial charge in [0.15, 0.2) is 0 Å². The first-order valence-electron chi connectivity index (χ1n) is 5.89. The summed E-state index contributed by atoms with van der Waals surface area (Å²) in [5.74, 6) is 0.534. The van der Waals surface area contributed by atoms with Gasteiger partial charge in [0.25, 0.3) is 0 Å². The number of nitrogens with one attached hydrogen (secondary N) is 1. The third-order valence-corrected chi connectivity index (χ3v) is 4.21. The summed E-state index contributed by atoms with van der Waals surface area (Å²) in [5.41, 5.74) is 0.841. The van der Waals surface area contributed by atoms with Gasteiger partial charge in [-0.25, -0.2) is 0 Å². The number of aromatic nitrogens is 2. The van der Waals surface area contributed by atoms with Gasteiger partial charge in [-0.2, -0.15) is 16.7 Å². The van der Waals surface area contributed by atoms with Crippen molar-refractivity contribution < 1.29 is 4.52 Å². The van der Waals surface area contributed by atoms with E-state index in [-0.39, 0.29) is 4.75 Å². The largest absolute Gasteiger partial charge is 0.336 e. The number of anilines is 1. The summed E-state index contributed by atoms with van der Waals surface area (Å²) >= 11 is 7.72. The second-order valence-corrected chi connectivity index (χ2v) is 6.70. The molecule has 2 rings (SSSR count). The Balaban J connectivity index is 2.07. The fourth-order valence-electron chi connectivity index (χ4n) is 1.40. The summed E-state index contributed by atoms with van der Waals surface area (Å²) in [5, 5.41) is 7.74. The molecule has 0 saturated carbocycles. The molecule has 4 nitrogen and oxygen atoms in total. The highest BCUT2D eigenvalue weighted by molar-refractivity contribution is 7.99. The molecule has 1 heterocycles. The molecule has 0 unspecified atom stereocenters. The topological polar surface area (TPSA) is 51.0 Å².